The van der Waals surface area contributed by atoms with Crippen LogP contribution in [0.4, 0.5) is 11.4 Å². The Morgan fingerprint density at radius 3 is 2.76 bits per heavy atom. The highest BCUT2D eigenvalue weighted by Crippen LogP contribution is 2.67. The van der Waals surface area contributed by atoms with E-state index in [0.29, 0.717) is 48.0 Å². The third kappa shape index (κ3) is 4.99. The molecule has 10 nitrogen and oxygen atoms in total. The van der Waals surface area contributed by atoms with E-state index in [9.17, 15) is 20.0 Å². The lowest BCUT2D eigenvalue weighted by molar-refractivity contribution is -0.383. The number of nitro benzene ring substituents is 1. The Morgan fingerprint density at radius 2 is 1.95 bits per heavy atom. The van der Waals surface area contributed by atoms with Gasteiger partial charge in [-0.25, -0.2) is 4.63 Å². The maximum Gasteiger partial charge on any atom is 0.300 e. The number of hydrogen-bond acceptors (Lipinski definition) is 8. The summed E-state index contributed by atoms with van der Waals surface area (Å²) in [5.74, 6) is 3.48. The highest BCUT2D eigenvalue weighted by atomic mass is 16.6. The maximum atomic E-state index is 12.7. The second kappa shape index (κ2) is 11.2. The lowest BCUT2D eigenvalue weighted by atomic mass is 9.47. The van der Waals surface area contributed by atoms with Crippen LogP contribution in [0.3, 0.4) is 0 Å². The number of anilines is 1. The Morgan fingerprint density at radius 1 is 1.14 bits per heavy atom. The molecule has 6 rings (SSSR count). The predicted octanol–water partition coefficient (Wildman–Crippen LogP) is 6.02. The van der Waals surface area contributed by atoms with Crippen LogP contribution in [0.15, 0.2) is 28.4 Å². The molecule has 0 radical (unpaired) electrons. The molecule has 3 saturated carbocycles. The van der Waals surface area contributed by atoms with Crippen LogP contribution in [0.2, 0.25) is 0 Å². The van der Waals surface area contributed by atoms with Crippen LogP contribution in [-0.4, -0.2) is 45.4 Å². The van der Waals surface area contributed by atoms with Gasteiger partial charge in [0.2, 0.25) is 11.4 Å². The lowest BCUT2D eigenvalue weighted by Gasteiger charge is -2.58. The van der Waals surface area contributed by atoms with Crippen molar-refractivity contribution in [3.63, 3.8) is 0 Å². The number of aliphatic hydroxyl groups is 1. The van der Waals surface area contributed by atoms with Gasteiger partial charge in [0.25, 0.3) is 0 Å². The van der Waals surface area contributed by atoms with E-state index in [2.05, 4.69) is 47.8 Å². The molecule has 1 unspecified atom stereocenters. The summed E-state index contributed by atoms with van der Waals surface area (Å²) in [4.78, 5) is 23.4. The zero-order valence-electron chi connectivity index (χ0n) is 25.1. The second-order valence-corrected chi connectivity index (χ2v) is 14.0. The van der Waals surface area contributed by atoms with Gasteiger partial charge < -0.3 is 15.7 Å². The number of fused-ring (bicyclic) bond motifs is 6. The molecule has 10 heteroatoms. The quantitative estimate of drug-likeness (QED) is 0.142. The fraction of sp³-hybridized carbons (Fsp3) is 0.719. The van der Waals surface area contributed by atoms with Crippen LogP contribution >= 0.6 is 0 Å². The lowest BCUT2D eigenvalue weighted by Crippen LogP contribution is -2.50. The van der Waals surface area contributed by atoms with Gasteiger partial charge >= 0.3 is 5.69 Å². The van der Waals surface area contributed by atoms with Crippen molar-refractivity contribution in [1.29, 1.82) is 0 Å². The van der Waals surface area contributed by atoms with Gasteiger partial charge in [0, 0.05) is 25.6 Å². The number of aromatic nitrogens is 2. The summed E-state index contributed by atoms with van der Waals surface area (Å²) in [5.41, 5.74) is 2.99. The zero-order valence-corrected chi connectivity index (χ0v) is 25.1. The number of allylic oxidation sites excluding steroid dienone is 1. The molecule has 228 valence electrons. The first-order valence-corrected chi connectivity index (χ1v) is 15.9. The van der Waals surface area contributed by atoms with E-state index < -0.39 is 4.92 Å². The molecule has 8 atom stereocenters. The van der Waals surface area contributed by atoms with Crippen LogP contribution < -0.4 is 10.6 Å². The van der Waals surface area contributed by atoms with Crippen LogP contribution in [0, 0.1) is 50.5 Å². The van der Waals surface area contributed by atoms with Gasteiger partial charge in [0.15, 0.2) is 5.52 Å². The first-order valence-electron chi connectivity index (χ1n) is 15.9. The van der Waals surface area contributed by atoms with Crippen LogP contribution in [0.1, 0.15) is 85.0 Å². The number of nitro groups is 1. The first-order chi connectivity index (χ1) is 20.1. The molecule has 4 aliphatic rings. The minimum Gasteiger partial charge on any atom is -0.393 e. The smallest absolute Gasteiger partial charge is 0.300 e. The Kier molecular flexibility index (Phi) is 7.79. The van der Waals surface area contributed by atoms with Crippen LogP contribution in [0.5, 0.6) is 0 Å². The molecule has 1 aromatic heterocycles. The molecule has 42 heavy (non-hydrogen) atoms. The first kappa shape index (κ1) is 29.1. The number of amides is 1. The third-order valence-electron chi connectivity index (χ3n) is 12.0. The molecular weight excluding hydrogens is 534 g/mol. The Balaban J connectivity index is 0.989. The molecule has 1 amide bonds. The molecule has 0 spiro atoms. The van der Waals surface area contributed by atoms with Crippen molar-refractivity contribution in [2.45, 2.75) is 91.1 Å². The maximum absolute atomic E-state index is 12.7. The van der Waals surface area contributed by atoms with E-state index in [0.717, 1.165) is 43.4 Å². The molecule has 0 saturated heterocycles. The van der Waals surface area contributed by atoms with Gasteiger partial charge in [0.05, 0.1) is 16.7 Å². The van der Waals surface area contributed by atoms with Crippen LogP contribution in [0.25, 0.3) is 11.0 Å². The van der Waals surface area contributed by atoms with Gasteiger partial charge in [0.1, 0.15) is 0 Å². The number of aliphatic hydroxyl groups excluding tert-OH is 1. The summed E-state index contributed by atoms with van der Waals surface area (Å²) in [6.07, 6.45) is 13.1. The molecule has 0 aliphatic heterocycles. The van der Waals surface area contributed by atoms with Gasteiger partial charge in [-0.2, -0.15) is 0 Å². The van der Waals surface area contributed by atoms with Crippen molar-refractivity contribution in [2.24, 2.45) is 40.4 Å². The fourth-order valence-electron chi connectivity index (χ4n) is 9.81. The van der Waals surface area contributed by atoms with Gasteiger partial charge in [-0.15, -0.1) is 0 Å². The number of rotatable bonds is 9. The SMILES string of the molecule is C[C@H](CCC(=O)NCCNc1ccc([N+](=O)[O-])c2nonc12)[C@H]1CC[C@H]2[C@@H]3CC=C4CC(O)CC[C@]4(C)[C@H]3CC[C@]12C. The number of non-ortho nitro benzene ring substituents is 1. The molecular formula is C32H45N5O5. The van der Waals surface area contributed by atoms with Gasteiger partial charge in [-0.05, 0) is 115 Å². The number of benzene rings is 1. The molecule has 1 heterocycles. The van der Waals surface area contributed by atoms with E-state index in [4.69, 9.17) is 4.63 Å². The van der Waals surface area contributed by atoms with Crippen molar-refractivity contribution in [1.82, 2.24) is 15.6 Å². The summed E-state index contributed by atoms with van der Waals surface area (Å²) in [6.45, 7) is 8.30. The van der Waals surface area contributed by atoms with Gasteiger partial charge in [-0.3, -0.25) is 14.9 Å². The number of carbonyl (C=O) groups excluding carboxylic acids is 1. The summed E-state index contributed by atoms with van der Waals surface area (Å²) >= 11 is 0. The summed E-state index contributed by atoms with van der Waals surface area (Å²) in [7, 11) is 0. The van der Waals surface area contributed by atoms with Crippen molar-refractivity contribution in [2.75, 3.05) is 18.4 Å². The number of nitrogens with zero attached hydrogens (tertiary/aromatic N) is 3. The molecule has 1 aromatic carbocycles. The number of nitrogens with one attached hydrogen (secondary N) is 2. The number of carbonyl (C=O) groups is 1. The molecule has 3 N–H and O–H groups in total. The van der Waals surface area contributed by atoms with E-state index in [1.54, 1.807) is 6.07 Å². The Labute approximate surface area is 247 Å². The minimum atomic E-state index is -0.513. The average molecular weight is 580 g/mol. The monoisotopic (exact) mass is 579 g/mol. The molecule has 0 bridgehead atoms. The van der Waals surface area contributed by atoms with Crippen molar-refractivity contribution in [3.05, 3.63) is 33.9 Å². The highest BCUT2D eigenvalue weighted by Gasteiger charge is 2.59. The average Bonchev–Trinajstić information content (AvgIpc) is 3.59. The van der Waals surface area contributed by atoms with E-state index >= 15 is 0 Å². The fourth-order valence-corrected chi connectivity index (χ4v) is 9.81. The summed E-state index contributed by atoms with van der Waals surface area (Å²) in [6, 6.07) is 2.96. The van der Waals surface area contributed by atoms with E-state index in [-0.39, 0.29) is 28.6 Å². The standard InChI is InChI=1S/C32H45N5O5/c1-19(4-11-28(39)34-17-16-33-26-9-10-27(37(40)41)30-29(26)35-42-36-30)23-7-8-24-22-6-5-20-18-21(38)12-14-31(20,2)25(22)13-15-32(23,24)3/h5,9-10,19,21-25,33,38H,4,6-8,11-18H2,1-3H3,(H,34,39)/t19-,21?,22+,23-,24+,25+,31+,32-/m1/s1. The molecule has 4 aliphatic carbocycles. The zero-order chi connectivity index (χ0) is 29.6. The predicted molar refractivity (Wildman–Crippen MR) is 160 cm³/mol. The topological polar surface area (TPSA) is 143 Å². The third-order valence-corrected chi connectivity index (χ3v) is 12.0. The number of hydrogen-bond donors (Lipinski definition) is 3. The largest absolute Gasteiger partial charge is 0.393 e. The minimum absolute atomic E-state index is 0.0568. The molecule has 3 fully saturated rings. The van der Waals surface area contributed by atoms with Gasteiger partial charge in [-0.1, -0.05) is 32.4 Å². The van der Waals surface area contributed by atoms with Crippen molar-refractivity contribution in [3.8, 4) is 0 Å². The van der Waals surface area contributed by atoms with E-state index in [1.165, 1.54) is 43.7 Å². The van der Waals surface area contributed by atoms with Crippen LogP contribution in [-0.2, 0) is 4.79 Å². The van der Waals surface area contributed by atoms with Crippen molar-refractivity contribution >= 4 is 28.3 Å². The Bertz CT molecular complexity index is 1370. The van der Waals surface area contributed by atoms with E-state index in [1.807, 2.05) is 0 Å². The summed E-state index contributed by atoms with van der Waals surface area (Å²) in [5, 5.41) is 35.1. The molecule has 2 aromatic rings. The summed E-state index contributed by atoms with van der Waals surface area (Å²) < 4.78 is 4.71. The van der Waals surface area contributed by atoms with Crippen molar-refractivity contribution < 1.29 is 19.5 Å². The Hall–Kier alpha value is -3.01. The second-order valence-electron chi connectivity index (χ2n) is 14.0. The highest BCUT2D eigenvalue weighted by molar-refractivity contribution is 5.93. The normalized spacial score (nSPS) is 34.6.